The molecule has 0 spiro atoms. The Balaban J connectivity index is 0.00000220. The van der Waals surface area contributed by atoms with Crippen molar-refractivity contribution in [2.45, 2.75) is 31.8 Å². The number of nitrogens with zero attached hydrogens (tertiary/aromatic N) is 1. The highest BCUT2D eigenvalue weighted by molar-refractivity contribution is 6.31. The summed E-state index contributed by atoms with van der Waals surface area (Å²) in [4.78, 5) is 22.6. The van der Waals surface area contributed by atoms with Gasteiger partial charge in [-0.25, -0.2) is 0 Å². The molecule has 116 valence electrons. The summed E-state index contributed by atoms with van der Waals surface area (Å²) in [6.45, 7) is 2.91. The molecule has 2 rings (SSSR count). The van der Waals surface area contributed by atoms with E-state index in [1.54, 1.807) is 0 Å². The molecule has 1 aromatic rings. The first-order chi connectivity index (χ1) is 9.49. The third kappa shape index (κ3) is 4.30. The first-order valence-electron chi connectivity index (χ1n) is 6.47. The molecule has 2 unspecified atom stereocenters. The van der Waals surface area contributed by atoms with Gasteiger partial charge >= 0.3 is 0 Å². The maximum Gasteiger partial charge on any atom is 0.283 e. The van der Waals surface area contributed by atoms with Crippen LogP contribution in [0.3, 0.4) is 0 Å². The van der Waals surface area contributed by atoms with Gasteiger partial charge in [-0.1, -0.05) is 11.6 Å². The van der Waals surface area contributed by atoms with Crippen LogP contribution < -0.4 is 10.6 Å². The fourth-order valence-corrected chi connectivity index (χ4v) is 2.50. The summed E-state index contributed by atoms with van der Waals surface area (Å²) in [6.07, 6.45) is 1.83. The number of benzene rings is 1. The summed E-state index contributed by atoms with van der Waals surface area (Å²) in [7, 11) is 0. The van der Waals surface area contributed by atoms with E-state index in [0.717, 1.165) is 19.4 Å². The van der Waals surface area contributed by atoms with Gasteiger partial charge in [0.15, 0.2) is 0 Å². The quantitative estimate of drug-likeness (QED) is 0.657. The second kappa shape index (κ2) is 7.59. The fourth-order valence-electron chi connectivity index (χ4n) is 2.34. The van der Waals surface area contributed by atoms with Crippen molar-refractivity contribution in [1.82, 2.24) is 10.6 Å². The van der Waals surface area contributed by atoms with Gasteiger partial charge in [-0.3, -0.25) is 14.9 Å². The zero-order chi connectivity index (χ0) is 14.7. The molecule has 21 heavy (non-hydrogen) atoms. The average molecular weight is 334 g/mol. The normalized spacial score (nSPS) is 21.2. The van der Waals surface area contributed by atoms with Gasteiger partial charge in [0.2, 0.25) is 0 Å². The monoisotopic (exact) mass is 333 g/mol. The van der Waals surface area contributed by atoms with E-state index in [1.807, 2.05) is 6.92 Å². The Bertz CT molecular complexity index is 539. The van der Waals surface area contributed by atoms with Gasteiger partial charge < -0.3 is 10.6 Å². The SMILES string of the molecule is CC1NCCCC1NC(=O)c1ccc(Cl)cc1[N+](=O)[O-].Cl. The topological polar surface area (TPSA) is 84.3 Å². The summed E-state index contributed by atoms with van der Waals surface area (Å²) in [5.74, 6) is -0.436. The van der Waals surface area contributed by atoms with Crippen LogP contribution in [-0.2, 0) is 0 Å². The lowest BCUT2D eigenvalue weighted by molar-refractivity contribution is -0.385. The van der Waals surface area contributed by atoms with Crippen molar-refractivity contribution < 1.29 is 9.72 Å². The van der Waals surface area contributed by atoms with E-state index < -0.39 is 10.8 Å². The molecule has 1 aliphatic heterocycles. The van der Waals surface area contributed by atoms with E-state index in [9.17, 15) is 14.9 Å². The van der Waals surface area contributed by atoms with Crippen molar-refractivity contribution in [3.63, 3.8) is 0 Å². The third-order valence-electron chi connectivity index (χ3n) is 3.48. The number of nitrogens with one attached hydrogen (secondary N) is 2. The van der Waals surface area contributed by atoms with Gasteiger partial charge in [-0.15, -0.1) is 12.4 Å². The Morgan fingerprint density at radius 1 is 1.52 bits per heavy atom. The van der Waals surface area contributed by atoms with E-state index in [-0.39, 0.29) is 40.8 Å². The molecule has 0 aromatic heterocycles. The first-order valence-corrected chi connectivity index (χ1v) is 6.85. The van der Waals surface area contributed by atoms with Gasteiger partial charge in [-0.2, -0.15) is 0 Å². The number of hydrogen-bond donors (Lipinski definition) is 2. The minimum absolute atomic E-state index is 0. The molecule has 6 nitrogen and oxygen atoms in total. The van der Waals surface area contributed by atoms with Crippen molar-refractivity contribution in [3.05, 3.63) is 38.9 Å². The summed E-state index contributed by atoms with van der Waals surface area (Å²) in [6, 6.07) is 4.19. The highest BCUT2D eigenvalue weighted by Crippen LogP contribution is 2.23. The molecule has 0 radical (unpaired) electrons. The molecule has 1 saturated heterocycles. The smallest absolute Gasteiger partial charge is 0.283 e. The number of carbonyl (C=O) groups is 1. The van der Waals surface area contributed by atoms with E-state index in [1.165, 1.54) is 18.2 Å². The number of nitro benzene ring substituents is 1. The molecule has 0 aliphatic carbocycles. The number of nitro groups is 1. The molecule has 1 amide bonds. The van der Waals surface area contributed by atoms with Gasteiger partial charge in [0.25, 0.3) is 11.6 Å². The van der Waals surface area contributed by atoms with Crippen molar-refractivity contribution in [1.29, 1.82) is 0 Å². The summed E-state index contributed by atoms with van der Waals surface area (Å²) in [5.41, 5.74) is -0.233. The van der Waals surface area contributed by atoms with Gasteiger partial charge in [-0.05, 0) is 38.4 Å². The maximum atomic E-state index is 12.2. The van der Waals surface area contributed by atoms with Gasteiger partial charge in [0, 0.05) is 23.2 Å². The maximum absolute atomic E-state index is 12.2. The van der Waals surface area contributed by atoms with Crippen molar-refractivity contribution in [2.75, 3.05) is 6.54 Å². The predicted octanol–water partition coefficient (Wildman–Crippen LogP) is 2.54. The second-order valence-electron chi connectivity index (χ2n) is 4.88. The zero-order valence-corrected chi connectivity index (χ0v) is 13.0. The lowest BCUT2D eigenvalue weighted by Crippen LogP contribution is -2.51. The molecule has 8 heteroatoms. The number of hydrogen-bond acceptors (Lipinski definition) is 4. The molecule has 1 aliphatic rings. The Morgan fingerprint density at radius 2 is 2.24 bits per heavy atom. The molecule has 2 atom stereocenters. The van der Waals surface area contributed by atoms with Crippen molar-refractivity contribution >= 4 is 35.6 Å². The lowest BCUT2D eigenvalue weighted by atomic mass is 9.99. The summed E-state index contributed by atoms with van der Waals surface area (Å²) >= 11 is 5.73. The van der Waals surface area contributed by atoms with Gasteiger partial charge in [0.1, 0.15) is 5.56 Å². The van der Waals surface area contributed by atoms with Crippen molar-refractivity contribution in [3.8, 4) is 0 Å². The molecule has 0 bridgehead atoms. The van der Waals surface area contributed by atoms with E-state index in [2.05, 4.69) is 10.6 Å². The summed E-state index contributed by atoms with van der Waals surface area (Å²) < 4.78 is 0. The average Bonchev–Trinajstić information content (AvgIpc) is 2.41. The highest BCUT2D eigenvalue weighted by atomic mass is 35.5. The number of carbonyl (C=O) groups excluding carboxylic acids is 1. The van der Waals surface area contributed by atoms with Crippen molar-refractivity contribution in [2.24, 2.45) is 0 Å². The molecular formula is C13H17Cl2N3O3. The van der Waals surface area contributed by atoms with E-state index in [4.69, 9.17) is 11.6 Å². The van der Waals surface area contributed by atoms with Crippen LogP contribution in [0.4, 0.5) is 5.69 Å². The van der Waals surface area contributed by atoms with E-state index in [0.29, 0.717) is 0 Å². The largest absolute Gasteiger partial charge is 0.348 e. The lowest BCUT2D eigenvalue weighted by Gasteiger charge is -2.30. The van der Waals surface area contributed by atoms with Gasteiger partial charge in [0.05, 0.1) is 4.92 Å². The first kappa shape index (κ1) is 17.7. The number of piperidine rings is 1. The fraction of sp³-hybridized carbons (Fsp3) is 0.462. The number of rotatable bonds is 3. The van der Waals surface area contributed by atoms with E-state index >= 15 is 0 Å². The van der Waals surface area contributed by atoms with Crippen LogP contribution in [0.1, 0.15) is 30.1 Å². The predicted molar refractivity (Wildman–Crippen MR) is 83.3 cm³/mol. The highest BCUT2D eigenvalue weighted by Gasteiger charge is 2.26. The Morgan fingerprint density at radius 3 is 2.86 bits per heavy atom. The van der Waals surface area contributed by atoms with Crippen LogP contribution in [0.5, 0.6) is 0 Å². The minimum Gasteiger partial charge on any atom is -0.348 e. The molecule has 1 fully saturated rings. The van der Waals surface area contributed by atoms with Crippen LogP contribution >= 0.6 is 24.0 Å². The van der Waals surface area contributed by atoms with Crippen LogP contribution in [-0.4, -0.2) is 29.5 Å². The Hall–Kier alpha value is -1.37. The van der Waals surface area contributed by atoms with Crippen LogP contribution in [0, 0.1) is 10.1 Å². The molecule has 1 heterocycles. The second-order valence-corrected chi connectivity index (χ2v) is 5.32. The van der Waals surface area contributed by atoms with Crippen LogP contribution in [0.2, 0.25) is 5.02 Å². The number of amides is 1. The molecular weight excluding hydrogens is 317 g/mol. The Kier molecular flexibility index (Phi) is 6.39. The number of halogens is 2. The molecule has 1 aromatic carbocycles. The molecule has 2 N–H and O–H groups in total. The van der Waals surface area contributed by atoms with Crippen LogP contribution in [0.25, 0.3) is 0 Å². The standard InChI is InChI=1S/C13H16ClN3O3.ClH/c1-8-11(3-2-6-15-8)16-13(18)10-5-4-9(14)7-12(10)17(19)20;/h4-5,7-8,11,15H,2-3,6H2,1H3,(H,16,18);1H. The minimum atomic E-state index is -0.594. The third-order valence-corrected chi connectivity index (χ3v) is 3.71. The van der Waals surface area contributed by atoms with Crippen LogP contribution in [0.15, 0.2) is 18.2 Å². The zero-order valence-electron chi connectivity index (χ0n) is 11.5. The molecule has 0 saturated carbocycles. The Labute approximate surface area is 133 Å². The summed E-state index contributed by atoms with van der Waals surface area (Å²) in [5, 5.41) is 17.3.